The summed E-state index contributed by atoms with van der Waals surface area (Å²) in [6, 6.07) is 11.3. The zero-order valence-corrected chi connectivity index (χ0v) is 17.1. The van der Waals surface area contributed by atoms with Gasteiger partial charge >= 0.3 is 12.8 Å². The van der Waals surface area contributed by atoms with Crippen LogP contribution in [0.3, 0.4) is 0 Å². The minimum Gasteiger partial charge on any atom is -0.493 e. The van der Waals surface area contributed by atoms with Crippen molar-refractivity contribution in [1.82, 2.24) is 0 Å². The molecule has 0 aliphatic heterocycles. The Labute approximate surface area is 185 Å². The van der Waals surface area contributed by atoms with E-state index in [1.807, 2.05) is 0 Å². The van der Waals surface area contributed by atoms with Crippen molar-refractivity contribution in [2.45, 2.75) is 19.4 Å². The van der Waals surface area contributed by atoms with Gasteiger partial charge in [0, 0.05) is 5.56 Å². The molecule has 0 saturated heterocycles. The number of halogens is 5. The Kier molecular flexibility index (Phi) is 7.37. The van der Waals surface area contributed by atoms with Crippen molar-refractivity contribution < 1.29 is 45.4 Å². The monoisotopic (exact) mass is 468 g/mol. The highest BCUT2D eigenvalue weighted by molar-refractivity contribution is 6.07. The summed E-state index contributed by atoms with van der Waals surface area (Å²) in [7, 11) is 1.25. The largest absolute Gasteiger partial charge is 0.493 e. The molecule has 0 fully saturated rings. The molecule has 1 aromatic heterocycles. The molecule has 0 bridgehead atoms. The average Bonchev–Trinajstić information content (AvgIpc) is 3.23. The first-order chi connectivity index (χ1) is 15.7. The number of hydrogen-bond acceptors (Lipinski definition) is 5. The number of hydrogen-bond donors (Lipinski definition) is 0. The number of allylic oxidation sites excluding steroid dienone is 1. The molecule has 33 heavy (non-hydrogen) atoms. The van der Waals surface area contributed by atoms with Crippen molar-refractivity contribution >= 4 is 11.9 Å². The lowest BCUT2D eigenvalue weighted by molar-refractivity contribution is -0.137. The summed E-state index contributed by atoms with van der Waals surface area (Å²) in [6.07, 6.45) is -1.89. The van der Waals surface area contributed by atoms with E-state index >= 15 is 0 Å². The molecule has 0 unspecified atom stereocenters. The van der Waals surface area contributed by atoms with Gasteiger partial charge in [0.25, 0.3) is 0 Å². The van der Waals surface area contributed by atoms with Gasteiger partial charge in [-0.05, 0) is 60.7 Å². The minimum absolute atomic E-state index is 0.0263. The second-order valence-corrected chi connectivity index (χ2v) is 6.56. The van der Waals surface area contributed by atoms with Gasteiger partial charge in [-0.3, -0.25) is 4.79 Å². The van der Waals surface area contributed by atoms with Crippen LogP contribution in [-0.2, 0) is 12.8 Å². The van der Waals surface area contributed by atoms with Gasteiger partial charge in [0.1, 0.15) is 23.9 Å². The van der Waals surface area contributed by atoms with Crippen LogP contribution in [0.4, 0.5) is 22.0 Å². The molecule has 5 nitrogen and oxygen atoms in total. The van der Waals surface area contributed by atoms with Crippen LogP contribution < -0.4 is 14.2 Å². The molecular formula is C23H17F5O5. The van der Waals surface area contributed by atoms with E-state index in [0.717, 1.165) is 12.1 Å². The lowest BCUT2D eigenvalue weighted by Crippen LogP contribution is -2.05. The number of rotatable bonds is 9. The van der Waals surface area contributed by atoms with Gasteiger partial charge in [-0.1, -0.05) is 6.07 Å². The molecular weight excluding hydrogens is 451 g/mol. The molecule has 0 saturated carbocycles. The number of furan rings is 1. The number of carbonyl (C=O) groups is 1. The van der Waals surface area contributed by atoms with E-state index in [2.05, 4.69) is 4.74 Å². The van der Waals surface area contributed by atoms with Crippen LogP contribution in [0.5, 0.6) is 17.2 Å². The zero-order chi connectivity index (χ0) is 24.0. The van der Waals surface area contributed by atoms with Gasteiger partial charge in [-0.15, -0.1) is 0 Å². The molecule has 0 spiro atoms. The Bertz CT molecular complexity index is 1130. The van der Waals surface area contributed by atoms with Crippen LogP contribution in [0.25, 0.3) is 6.08 Å². The highest BCUT2D eigenvalue weighted by atomic mass is 19.4. The fourth-order valence-electron chi connectivity index (χ4n) is 2.75. The van der Waals surface area contributed by atoms with Gasteiger partial charge < -0.3 is 18.6 Å². The second kappa shape index (κ2) is 10.2. The minimum atomic E-state index is -4.48. The first-order valence-corrected chi connectivity index (χ1v) is 9.40. The van der Waals surface area contributed by atoms with Crippen LogP contribution in [0, 0.1) is 0 Å². The van der Waals surface area contributed by atoms with Crippen molar-refractivity contribution in [1.29, 1.82) is 0 Å². The Balaban J connectivity index is 1.62. The maximum atomic E-state index is 12.8. The predicted octanol–water partition coefficient (Wildman–Crippen LogP) is 6.38. The summed E-state index contributed by atoms with van der Waals surface area (Å²) in [5, 5.41) is 0. The van der Waals surface area contributed by atoms with Gasteiger partial charge in [0.2, 0.25) is 0 Å². The average molecular weight is 468 g/mol. The predicted molar refractivity (Wildman–Crippen MR) is 107 cm³/mol. The quantitative estimate of drug-likeness (QED) is 0.207. The summed E-state index contributed by atoms with van der Waals surface area (Å²) in [6.45, 7) is -3.16. The fraction of sp³-hybridized carbons (Fsp3) is 0.174. The SMILES string of the molecule is COc1cc(C(=O)/C=C/c2ccc(COc3cccc(C(F)(F)F)c3)o2)ccc1OC(F)F. The van der Waals surface area contributed by atoms with E-state index in [4.69, 9.17) is 13.9 Å². The maximum Gasteiger partial charge on any atom is 0.416 e. The second-order valence-electron chi connectivity index (χ2n) is 6.56. The molecule has 3 aromatic rings. The number of alkyl halides is 5. The Hall–Kier alpha value is -3.82. The van der Waals surface area contributed by atoms with E-state index in [9.17, 15) is 26.7 Å². The smallest absolute Gasteiger partial charge is 0.416 e. The molecule has 0 radical (unpaired) electrons. The van der Waals surface area contributed by atoms with Gasteiger partial charge in [-0.2, -0.15) is 22.0 Å². The van der Waals surface area contributed by atoms with Crippen molar-refractivity contribution in [3.8, 4) is 17.2 Å². The Morgan fingerprint density at radius 3 is 2.55 bits per heavy atom. The third kappa shape index (κ3) is 6.58. The summed E-state index contributed by atoms with van der Waals surface area (Å²) >= 11 is 0. The zero-order valence-electron chi connectivity index (χ0n) is 17.1. The standard InChI is InChI=1S/C23H17F5O5/c1-30-21-11-14(5-10-20(21)33-22(24)25)19(29)9-8-16-6-7-18(32-16)13-31-17-4-2-3-15(12-17)23(26,27)28/h2-12,22H,13H2,1H3/b9-8+. The number of benzene rings is 2. The van der Waals surface area contributed by atoms with Crippen LogP contribution in [0.2, 0.25) is 0 Å². The summed E-state index contributed by atoms with van der Waals surface area (Å²) < 4.78 is 83.2. The third-order valence-corrected chi connectivity index (χ3v) is 4.29. The molecule has 2 aromatic carbocycles. The van der Waals surface area contributed by atoms with Gasteiger partial charge in [0.05, 0.1) is 12.7 Å². The van der Waals surface area contributed by atoms with Gasteiger partial charge in [0.15, 0.2) is 17.3 Å². The lowest BCUT2D eigenvalue weighted by Gasteiger charge is -2.10. The van der Waals surface area contributed by atoms with Crippen LogP contribution in [0.1, 0.15) is 27.4 Å². The molecule has 174 valence electrons. The van der Waals surface area contributed by atoms with E-state index in [0.29, 0.717) is 11.5 Å². The highest BCUT2D eigenvalue weighted by Gasteiger charge is 2.30. The van der Waals surface area contributed by atoms with Crippen LogP contribution in [-0.4, -0.2) is 19.5 Å². The van der Waals surface area contributed by atoms with Crippen LogP contribution >= 0.6 is 0 Å². The maximum absolute atomic E-state index is 12.8. The lowest BCUT2D eigenvalue weighted by atomic mass is 10.1. The number of ketones is 1. The summed E-state index contributed by atoms with van der Waals surface area (Å²) in [5.74, 6) is -0.0203. The van der Waals surface area contributed by atoms with Gasteiger partial charge in [-0.25, -0.2) is 0 Å². The highest BCUT2D eigenvalue weighted by Crippen LogP contribution is 2.32. The van der Waals surface area contributed by atoms with E-state index in [1.165, 1.54) is 49.6 Å². The van der Waals surface area contributed by atoms with E-state index < -0.39 is 24.1 Å². The molecule has 0 aliphatic rings. The Morgan fingerprint density at radius 1 is 1.06 bits per heavy atom. The van der Waals surface area contributed by atoms with Crippen molar-refractivity contribution in [3.63, 3.8) is 0 Å². The summed E-state index contributed by atoms with van der Waals surface area (Å²) in [4.78, 5) is 12.4. The molecule has 10 heteroatoms. The first-order valence-electron chi connectivity index (χ1n) is 9.40. The fourth-order valence-corrected chi connectivity index (χ4v) is 2.75. The van der Waals surface area contributed by atoms with E-state index in [-0.39, 0.29) is 29.4 Å². The molecule has 3 rings (SSSR count). The number of ether oxygens (including phenoxy) is 3. The first kappa shape index (κ1) is 23.8. The van der Waals surface area contributed by atoms with Crippen LogP contribution in [0.15, 0.2) is 65.1 Å². The van der Waals surface area contributed by atoms with Crippen molar-refractivity contribution in [2.75, 3.05) is 7.11 Å². The molecule has 1 heterocycles. The van der Waals surface area contributed by atoms with Crippen molar-refractivity contribution in [2.24, 2.45) is 0 Å². The Morgan fingerprint density at radius 2 is 1.85 bits per heavy atom. The topological polar surface area (TPSA) is 57.9 Å². The molecule has 0 atom stereocenters. The normalized spacial score (nSPS) is 11.7. The molecule has 0 amide bonds. The number of carbonyl (C=O) groups excluding carboxylic acids is 1. The number of methoxy groups -OCH3 is 1. The van der Waals surface area contributed by atoms with E-state index in [1.54, 1.807) is 12.1 Å². The molecule has 0 N–H and O–H groups in total. The van der Waals surface area contributed by atoms with Crippen molar-refractivity contribution in [3.05, 3.63) is 83.3 Å². The molecule has 0 aliphatic carbocycles. The summed E-state index contributed by atoms with van der Waals surface area (Å²) in [5.41, 5.74) is -0.656. The third-order valence-electron chi connectivity index (χ3n) is 4.29.